The largest absolute Gasteiger partial charge is 0.362 e. The van der Waals surface area contributed by atoms with Crippen LogP contribution in [-0.2, 0) is 16.0 Å². The van der Waals surface area contributed by atoms with Crippen molar-refractivity contribution in [3.63, 3.8) is 0 Å². The number of rotatable bonds is 5. The summed E-state index contributed by atoms with van der Waals surface area (Å²) in [4.78, 5) is 38.7. The Morgan fingerprint density at radius 3 is 2.84 bits per heavy atom. The molecule has 2 aromatic rings. The van der Waals surface area contributed by atoms with Crippen LogP contribution < -0.4 is 10.6 Å². The number of ether oxygens (including phenoxy) is 1. The van der Waals surface area contributed by atoms with Crippen molar-refractivity contribution in [3.8, 4) is 0 Å². The molecule has 2 aliphatic rings. The van der Waals surface area contributed by atoms with Crippen molar-refractivity contribution >= 4 is 39.6 Å². The first kappa shape index (κ1) is 16.3. The summed E-state index contributed by atoms with van der Waals surface area (Å²) in [7, 11) is 1.77. The minimum absolute atomic E-state index is 0.0275. The molecule has 2 amide bonds. The molecule has 3 heterocycles. The van der Waals surface area contributed by atoms with Crippen molar-refractivity contribution in [2.45, 2.75) is 17.9 Å². The highest BCUT2D eigenvalue weighted by Crippen LogP contribution is 2.27. The van der Waals surface area contributed by atoms with Gasteiger partial charge in [0.15, 0.2) is 5.78 Å². The molecule has 1 aromatic carbocycles. The summed E-state index contributed by atoms with van der Waals surface area (Å²) in [6.07, 6.45) is 0.246. The van der Waals surface area contributed by atoms with E-state index in [1.54, 1.807) is 7.05 Å². The molecule has 2 fully saturated rings. The highest BCUT2D eigenvalue weighted by Gasteiger charge is 2.38. The Labute approximate surface area is 147 Å². The van der Waals surface area contributed by atoms with Gasteiger partial charge >= 0.3 is 0 Å². The van der Waals surface area contributed by atoms with Gasteiger partial charge in [0.25, 0.3) is 5.24 Å². The number of nitrogens with one attached hydrogen (secondary N) is 3. The zero-order valence-corrected chi connectivity index (χ0v) is 14.3. The molecular weight excluding hydrogens is 342 g/mol. The maximum Gasteiger partial charge on any atom is 0.286 e. The lowest BCUT2D eigenvalue weighted by molar-refractivity contribution is -0.118. The fourth-order valence-corrected chi connectivity index (χ4v) is 4.03. The number of carbonyl (C=O) groups is 3. The number of Topliss-reactive ketones (excluding diaryl/α,β-unsaturated/α-hetero) is 1. The Morgan fingerprint density at radius 2 is 2.20 bits per heavy atom. The third-order valence-electron chi connectivity index (χ3n) is 4.58. The number of aromatic amines is 1. The highest BCUT2D eigenvalue weighted by atomic mass is 32.2. The van der Waals surface area contributed by atoms with Crippen LogP contribution >= 0.6 is 11.8 Å². The van der Waals surface area contributed by atoms with E-state index in [1.807, 2.05) is 24.3 Å². The lowest BCUT2D eigenvalue weighted by Gasteiger charge is -2.34. The van der Waals surface area contributed by atoms with E-state index >= 15 is 0 Å². The molecule has 0 saturated carbocycles. The third-order valence-corrected chi connectivity index (χ3v) is 5.56. The maximum absolute atomic E-state index is 12.6. The lowest BCUT2D eigenvalue weighted by Crippen LogP contribution is -2.52. The molecule has 2 aliphatic heterocycles. The van der Waals surface area contributed by atoms with Gasteiger partial charge in [-0.2, -0.15) is 0 Å². The fraction of sp³-hybridized carbons (Fsp3) is 0.353. The number of imide groups is 1. The number of H-pyrrole nitrogens is 1. The van der Waals surface area contributed by atoms with Crippen molar-refractivity contribution in [3.05, 3.63) is 35.5 Å². The van der Waals surface area contributed by atoms with E-state index in [4.69, 9.17) is 4.74 Å². The third kappa shape index (κ3) is 2.97. The standard InChI is InChI=1S/C17H17N3O4S/c1-18-16-10(7-24-16)14(21)12-6-9-4-8(2-3-11(9)19-12)5-13-15(22)20-17(23)25-13/h2-4,6,10,13,16,18-19H,5,7H2,1H3,(H,20,22,23). The van der Waals surface area contributed by atoms with Crippen molar-refractivity contribution < 1.29 is 19.1 Å². The topological polar surface area (TPSA) is 100 Å². The Hall–Kier alpha value is -2.16. The molecule has 130 valence electrons. The first-order valence-electron chi connectivity index (χ1n) is 8.01. The quantitative estimate of drug-likeness (QED) is 0.699. The maximum atomic E-state index is 12.6. The number of benzene rings is 1. The molecule has 7 nitrogen and oxygen atoms in total. The molecular formula is C17H17N3O4S. The molecule has 0 aliphatic carbocycles. The van der Waals surface area contributed by atoms with E-state index in [0.29, 0.717) is 18.7 Å². The number of carbonyl (C=O) groups excluding carboxylic acids is 3. The Bertz CT molecular complexity index is 876. The van der Waals surface area contributed by atoms with Gasteiger partial charge in [-0.25, -0.2) is 0 Å². The zero-order valence-electron chi connectivity index (χ0n) is 13.5. The minimum Gasteiger partial charge on any atom is -0.362 e. The van der Waals surface area contributed by atoms with Crippen molar-refractivity contribution in [1.29, 1.82) is 0 Å². The van der Waals surface area contributed by atoms with E-state index in [0.717, 1.165) is 28.2 Å². The summed E-state index contributed by atoms with van der Waals surface area (Å²) < 4.78 is 5.31. The molecule has 3 N–H and O–H groups in total. The first-order chi connectivity index (χ1) is 12.0. The average Bonchev–Trinajstić information content (AvgIpc) is 3.09. The highest BCUT2D eigenvalue weighted by molar-refractivity contribution is 8.15. The van der Waals surface area contributed by atoms with Gasteiger partial charge in [-0.1, -0.05) is 17.8 Å². The predicted molar refractivity (Wildman–Crippen MR) is 93.5 cm³/mol. The number of hydrogen-bond acceptors (Lipinski definition) is 6. The summed E-state index contributed by atoms with van der Waals surface area (Å²) in [5.41, 5.74) is 2.38. The van der Waals surface area contributed by atoms with Gasteiger partial charge in [-0.3, -0.25) is 25.0 Å². The molecule has 0 radical (unpaired) electrons. The van der Waals surface area contributed by atoms with Crippen molar-refractivity contribution in [1.82, 2.24) is 15.6 Å². The van der Waals surface area contributed by atoms with Gasteiger partial charge in [-0.15, -0.1) is 0 Å². The summed E-state index contributed by atoms with van der Waals surface area (Å²) in [6, 6.07) is 7.59. The summed E-state index contributed by atoms with van der Waals surface area (Å²) in [5.74, 6) is -0.398. The van der Waals surface area contributed by atoms with Gasteiger partial charge in [-0.05, 0) is 37.2 Å². The van der Waals surface area contributed by atoms with Crippen LogP contribution in [0.25, 0.3) is 10.9 Å². The van der Waals surface area contributed by atoms with E-state index in [9.17, 15) is 14.4 Å². The minimum atomic E-state index is -0.395. The molecule has 1 aromatic heterocycles. The molecule has 4 rings (SSSR count). The van der Waals surface area contributed by atoms with E-state index in [2.05, 4.69) is 15.6 Å². The Morgan fingerprint density at radius 1 is 1.36 bits per heavy atom. The van der Waals surface area contributed by atoms with Gasteiger partial charge in [0, 0.05) is 10.9 Å². The van der Waals surface area contributed by atoms with Crippen LogP contribution in [0.1, 0.15) is 16.1 Å². The smallest absolute Gasteiger partial charge is 0.286 e. The van der Waals surface area contributed by atoms with Crippen molar-refractivity contribution in [2.24, 2.45) is 5.92 Å². The van der Waals surface area contributed by atoms with Crippen LogP contribution in [0.15, 0.2) is 24.3 Å². The van der Waals surface area contributed by atoms with E-state index < -0.39 is 5.25 Å². The second-order valence-electron chi connectivity index (χ2n) is 6.21. The predicted octanol–water partition coefficient (Wildman–Crippen LogP) is 1.44. The summed E-state index contributed by atoms with van der Waals surface area (Å²) in [5, 5.41) is 5.48. The van der Waals surface area contributed by atoms with Crippen LogP contribution in [-0.4, -0.2) is 47.0 Å². The number of amides is 2. The average molecular weight is 359 g/mol. The molecule has 2 saturated heterocycles. The van der Waals surface area contributed by atoms with Crippen LogP contribution in [0.4, 0.5) is 4.79 Å². The first-order valence-corrected chi connectivity index (χ1v) is 8.89. The second-order valence-corrected chi connectivity index (χ2v) is 7.38. The monoisotopic (exact) mass is 359 g/mol. The van der Waals surface area contributed by atoms with Gasteiger partial charge in [0.2, 0.25) is 5.91 Å². The van der Waals surface area contributed by atoms with Gasteiger partial charge in [0.05, 0.1) is 23.5 Å². The number of hydrogen-bond donors (Lipinski definition) is 3. The molecule has 3 unspecified atom stereocenters. The molecule has 8 heteroatoms. The zero-order chi connectivity index (χ0) is 17.6. The van der Waals surface area contributed by atoms with Crippen LogP contribution in [0.5, 0.6) is 0 Å². The van der Waals surface area contributed by atoms with Gasteiger partial charge in [0.1, 0.15) is 6.23 Å². The van der Waals surface area contributed by atoms with Crippen molar-refractivity contribution in [2.75, 3.05) is 13.7 Å². The normalized spacial score (nSPS) is 25.9. The lowest BCUT2D eigenvalue weighted by atomic mass is 9.96. The number of thioether (sulfide) groups is 1. The molecule has 3 atom stereocenters. The molecule has 0 spiro atoms. The second kappa shape index (κ2) is 6.29. The number of ketones is 1. The fourth-order valence-electron chi connectivity index (χ4n) is 3.17. The SMILES string of the molecule is CNC1OCC1C(=O)c1cc2cc(CC3SC(=O)NC3=O)ccc2[nH]1. The number of fused-ring (bicyclic) bond motifs is 1. The Kier molecular flexibility index (Phi) is 4.10. The number of aromatic nitrogens is 1. The summed E-state index contributed by atoms with van der Waals surface area (Å²) in [6.45, 7) is 0.424. The van der Waals surface area contributed by atoms with Crippen LogP contribution in [0.3, 0.4) is 0 Å². The summed E-state index contributed by atoms with van der Waals surface area (Å²) >= 11 is 1.02. The van der Waals surface area contributed by atoms with Crippen LogP contribution in [0, 0.1) is 5.92 Å². The molecule has 0 bridgehead atoms. The Balaban J connectivity index is 1.54. The molecule has 25 heavy (non-hydrogen) atoms. The van der Waals surface area contributed by atoms with Gasteiger partial charge < -0.3 is 9.72 Å². The van der Waals surface area contributed by atoms with Crippen LogP contribution in [0.2, 0.25) is 0 Å². The van der Waals surface area contributed by atoms with E-state index in [1.165, 1.54) is 0 Å². The van der Waals surface area contributed by atoms with E-state index in [-0.39, 0.29) is 29.1 Å².